The highest BCUT2D eigenvalue weighted by molar-refractivity contribution is 5.97. The predicted octanol–water partition coefficient (Wildman–Crippen LogP) is 1.98. The number of hydrogen-bond donors (Lipinski definition) is 4. The third-order valence-electron chi connectivity index (χ3n) is 4.47. The van der Waals surface area contributed by atoms with Gasteiger partial charge in [0.1, 0.15) is 5.75 Å². The molecule has 1 aromatic carbocycles. The van der Waals surface area contributed by atoms with Crippen LogP contribution in [0.3, 0.4) is 0 Å². The molecule has 3 rings (SSSR count). The fraction of sp³-hybridized carbons (Fsp3) is 0.500. The Hall–Kier alpha value is -2.77. The van der Waals surface area contributed by atoms with Gasteiger partial charge in [0.25, 0.3) is 5.91 Å². The molecular formula is C18H24N4O4. The van der Waals surface area contributed by atoms with Gasteiger partial charge < -0.3 is 26.0 Å². The number of fused-ring (bicyclic) bond motifs is 1. The van der Waals surface area contributed by atoms with Crippen molar-refractivity contribution >= 4 is 29.2 Å². The number of amides is 4. The maximum Gasteiger partial charge on any atom is 0.315 e. The maximum absolute atomic E-state index is 12.0. The highest BCUT2D eigenvalue weighted by atomic mass is 16.5. The molecule has 1 aromatic rings. The summed E-state index contributed by atoms with van der Waals surface area (Å²) in [6.45, 7) is 0.252. The first-order valence-corrected chi connectivity index (χ1v) is 9.01. The first-order chi connectivity index (χ1) is 12.6. The van der Waals surface area contributed by atoms with Gasteiger partial charge in [0.15, 0.2) is 6.61 Å². The van der Waals surface area contributed by atoms with Crippen LogP contribution in [0.5, 0.6) is 5.75 Å². The molecule has 1 fully saturated rings. The molecule has 0 saturated heterocycles. The van der Waals surface area contributed by atoms with Crippen molar-refractivity contribution in [2.75, 3.05) is 23.8 Å². The van der Waals surface area contributed by atoms with Gasteiger partial charge >= 0.3 is 6.03 Å². The smallest absolute Gasteiger partial charge is 0.315 e. The maximum atomic E-state index is 12.0. The summed E-state index contributed by atoms with van der Waals surface area (Å²) in [4.78, 5) is 35.2. The second-order valence-electron chi connectivity index (χ2n) is 6.58. The van der Waals surface area contributed by atoms with Crippen LogP contribution in [0.15, 0.2) is 18.2 Å². The number of urea groups is 1. The van der Waals surface area contributed by atoms with E-state index in [1.807, 2.05) is 0 Å². The van der Waals surface area contributed by atoms with Gasteiger partial charge in [-0.05, 0) is 31.0 Å². The van der Waals surface area contributed by atoms with E-state index in [2.05, 4.69) is 21.3 Å². The Morgan fingerprint density at radius 1 is 1.19 bits per heavy atom. The fourth-order valence-electron chi connectivity index (χ4n) is 3.16. The van der Waals surface area contributed by atoms with Crippen LogP contribution in [0.4, 0.5) is 16.2 Å². The molecule has 140 valence electrons. The van der Waals surface area contributed by atoms with Crippen molar-refractivity contribution in [3.8, 4) is 5.75 Å². The predicted molar refractivity (Wildman–Crippen MR) is 97.2 cm³/mol. The van der Waals surface area contributed by atoms with Crippen molar-refractivity contribution in [2.24, 2.45) is 0 Å². The molecule has 4 N–H and O–H groups in total. The number of benzene rings is 1. The lowest BCUT2D eigenvalue weighted by Gasteiger charge is -2.22. The van der Waals surface area contributed by atoms with Crippen LogP contribution in [0, 0.1) is 0 Å². The summed E-state index contributed by atoms with van der Waals surface area (Å²) < 4.78 is 5.27. The average molecular weight is 360 g/mol. The van der Waals surface area contributed by atoms with E-state index in [0.717, 1.165) is 25.7 Å². The van der Waals surface area contributed by atoms with E-state index in [-0.39, 0.29) is 43.5 Å². The Balaban J connectivity index is 1.39. The molecule has 1 aliphatic carbocycles. The van der Waals surface area contributed by atoms with Gasteiger partial charge in [-0.1, -0.05) is 19.3 Å². The number of anilines is 2. The van der Waals surface area contributed by atoms with Crippen LogP contribution >= 0.6 is 0 Å². The number of ether oxygens (including phenoxy) is 1. The molecule has 0 atom stereocenters. The molecule has 8 nitrogen and oxygen atoms in total. The Bertz CT molecular complexity index is 686. The van der Waals surface area contributed by atoms with Crippen molar-refractivity contribution in [1.82, 2.24) is 10.6 Å². The zero-order valence-electron chi connectivity index (χ0n) is 14.6. The Kier molecular flexibility index (Phi) is 5.93. The minimum Gasteiger partial charge on any atom is -0.482 e. The summed E-state index contributed by atoms with van der Waals surface area (Å²) in [5, 5.41) is 11.1. The molecule has 1 aliphatic heterocycles. The Morgan fingerprint density at radius 2 is 2.00 bits per heavy atom. The average Bonchev–Trinajstić information content (AvgIpc) is 2.62. The van der Waals surface area contributed by atoms with E-state index in [0.29, 0.717) is 17.1 Å². The van der Waals surface area contributed by atoms with Crippen LogP contribution in [0.1, 0.15) is 38.5 Å². The van der Waals surface area contributed by atoms with E-state index < -0.39 is 0 Å². The lowest BCUT2D eigenvalue weighted by Crippen LogP contribution is -2.43. The van der Waals surface area contributed by atoms with Crippen LogP contribution < -0.4 is 26.0 Å². The molecule has 8 heteroatoms. The van der Waals surface area contributed by atoms with E-state index in [9.17, 15) is 14.4 Å². The topological polar surface area (TPSA) is 109 Å². The van der Waals surface area contributed by atoms with Gasteiger partial charge in [0.2, 0.25) is 5.91 Å². The van der Waals surface area contributed by atoms with E-state index in [4.69, 9.17) is 4.74 Å². The van der Waals surface area contributed by atoms with Crippen LogP contribution in [0.2, 0.25) is 0 Å². The highest BCUT2D eigenvalue weighted by Gasteiger charge is 2.17. The Morgan fingerprint density at radius 3 is 2.81 bits per heavy atom. The van der Waals surface area contributed by atoms with Crippen LogP contribution in [0.25, 0.3) is 0 Å². The minimum absolute atomic E-state index is 0.00665. The molecule has 0 spiro atoms. The van der Waals surface area contributed by atoms with Gasteiger partial charge in [0, 0.05) is 24.7 Å². The van der Waals surface area contributed by atoms with Crippen molar-refractivity contribution in [1.29, 1.82) is 0 Å². The zero-order valence-corrected chi connectivity index (χ0v) is 14.6. The van der Waals surface area contributed by atoms with Gasteiger partial charge in [-0.2, -0.15) is 0 Å². The first-order valence-electron chi connectivity index (χ1n) is 9.01. The van der Waals surface area contributed by atoms with Crippen molar-refractivity contribution in [3.63, 3.8) is 0 Å². The lowest BCUT2D eigenvalue weighted by atomic mass is 9.96. The second kappa shape index (κ2) is 8.55. The molecule has 0 radical (unpaired) electrons. The molecule has 0 bridgehead atoms. The summed E-state index contributed by atoms with van der Waals surface area (Å²) >= 11 is 0. The quantitative estimate of drug-likeness (QED) is 0.644. The first kappa shape index (κ1) is 18.0. The van der Waals surface area contributed by atoms with E-state index >= 15 is 0 Å². The van der Waals surface area contributed by atoms with E-state index in [1.165, 1.54) is 6.42 Å². The van der Waals surface area contributed by atoms with Crippen molar-refractivity contribution < 1.29 is 19.1 Å². The van der Waals surface area contributed by atoms with Crippen molar-refractivity contribution in [2.45, 2.75) is 44.6 Å². The van der Waals surface area contributed by atoms with Gasteiger partial charge in [-0.3, -0.25) is 9.59 Å². The number of carbonyl (C=O) groups is 3. The number of hydrogen-bond acceptors (Lipinski definition) is 4. The summed E-state index contributed by atoms with van der Waals surface area (Å²) in [5.74, 6) is 0.128. The minimum atomic E-state index is -0.228. The highest BCUT2D eigenvalue weighted by Crippen LogP contribution is 2.30. The molecule has 26 heavy (non-hydrogen) atoms. The summed E-state index contributed by atoms with van der Waals surface area (Å²) in [5.41, 5.74) is 1.09. The molecule has 0 aromatic heterocycles. The molecule has 1 heterocycles. The largest absolute Gasteiger partial charge is 0.482 e. The molecule has 4 amide bonds. The lowest BCUT2D eigenvalue weighted by molar-refractivity contribution is -0.118. The van der Waals surface area contributed by atoms with Crippen LogP contribution in [-0.4, -0.2) is 37.0 Å². The summed E-state index contributed by atoms with van der Waals surface area (Å²) in [6.07, 6.45) is 5.74. The second-order valence-corrected chi connectivity index (χ2v) is 6.58. The molecule has 0 unspecified atom stereocenters. The van der Waals surface area contributed by atoms with Gasteiger partial charge in [-0.25, -0.2) is 4.79 Å². The van der Waals surface area contributed by atoms with E-state index in [1.54, 1.807) is 18.2 Å². The monoisotopic (exact) mass is 360 g/mol. The number of carbonyl (C=O) groups excluding carboxylic acids is 3. The van der Waals surface area contributed by atoms with Crippen LogP contribution in [-0.2, 0) is 9.59 Å². The molecule has 2 aliphatic rings. The Labute approximate surface area is 152 Å². The normalized spacial score (nSPS) is 16.7. The molecular weight excluding hydrogens is 336 g/mol. The number of rotatable bonds is 5. The third kappa shape index (κ3) is 5.11. The third-order valence-corrected chi connectivity index (χ3v) is 4.47. The summed E-state index contributed by atoms with van der Waals surface area (Å²) in [7, 11) is 0. The summed E-state index contributed by atoms with van der Waals surface area (Å²) in [6, 6.07) is 5.06. The molecule has 1 saturated carbocycles. The standard InChI is InChI=1S/C18H24N4O4/c23-16(8-9-19-18(25)21-12-4-2-1-3-5-12)20-13-6-7-15-14(10-13)22-17(24)11-26-15/h6-7,10,12H,1-5,8-9,11H2,(H,20,23)(H,22,24)(H2,19,21,25). The van der Waals surface area contributed by atoms with Gasteiger partial charge in [-0.15, -0.1) is 0 Å². The SMILES string of the molecule is O=C(CCNC(=O)NC1CCCCC1)Nc1ccc2c(c1)NC(=O)CO2. The number of nitrogens with one attached hydrogen (secondary N) is 4. The van der Waals surface area contributed by atoms with Gasteiger partial charge in [0.05, 0.1) is 5.69 Å². The fourth-order valence-corrected chi connectivity index (χ4v) is 3.16. The zero-order chi connectivity index (χ0) is 18.4. The van der Waals surface area contributed by atoms with Crippen molar-refractivity contribution in [3.05, 3.63) is 18.2 Å².